The molecule has 2 heterocycles. The smallest absolute Gasteiger partial charge is 0.345 e. The summed E-state index contributed by atoms with van der Waals surface area (Å²) >= 11 is 2.12. The number of hydrogen-bond acceptors (Lipinski definition) is 6. The number of nitro groups is 1. The highest BCUT2D eigenvalue weighted by atomic mass is 35.5. The van der Waals surface area contributed by atoms with Crippen molar-refractivity contribution >= 4 is 38.7 Å². The van der Waals surface area contributed by atoms with Crippen LogP contribution in [0, 0.1) is 10.1 Å². The molecule has 0 fully saturated rings. The summed E-state index contributed by atoms with van der Waals surface area (Å²) in [5, 5.41) is 14.8. The van der Waals surface area contributed by atoms with Gasteiger partial charge in [0.25, 0.3) is 5.91 Å². The maximum absolute atomic E-state index is 11.6. The number of halogens is 1. The van der Waals surface area contributed by atoms with Crippen LogP contribution in [0.2, 0.25) is 0 Å². The Bertz CT molecular complexity index is 526. The van der Waals surface area contributed by atoms with Crippen molar-refractivity contribution in [3.8, 4) is 0 Å². The van der Waals surface area contributed by atoms with Crippen molar-refractivity contribution in [3.05, 3.63) is 38.7 Å². The summed E-state index contributed by atoms with van der Waals surface area (Å²) in [6, 6.07) is 3.42. The first-order chi connectivity index (χ1) is 7.66. The molecule has 1 amide bonds. The number of hydrogen-bond donors (Lipinski definition) is 1. The molecular weight excluding hydrogens is 286 g/mol. The number of carbonyl (C=O) groups excluding carboxylic acids is 1. The van der Waals surface area contributed by atoms with Gasteiger partial charge in [-0.1, -0.05) is 6.07 Å². The first kappa shape index (κ1) is 13.6. The number of nitrogens with zero attached hydrogens (tertiary/aromatic N) is 2. The van der Waals surface area contributed by atoms with Gasteiger partial charge in [0.2, 0.25) is 0 Å². The van der Waals surface area contributed by atoms with E-state index in [0.29, 0.717) is 4.88 Å². The van der Waals surface area contributed by atoms with E-state index in [9.17, 15) is 14.9 Å². The number of anilines is 1. The lowest BCUT2D eigenvalue weighted by Crippen LogP contribution is -3.00. The normalized spacial score (nSPS) is 9.41. The second kappa shape index (κ2) is 5.71. The Morgan fingerprint density at radius 3 is 2.82 bits per heavy atom. The van der Waals surface area contributed by atoms with Crippen LogP contribution >= 0.6 is 22.7 Å². The van der Waals surface area contributed by atoms with Crippen LogP contribution in [-0.2, 0) is 0 Å². The number of carbonyl (C=O) groups is 1. The Morgan fingerprint density at radius 2 is 2.29 bits per heavy atom. The molecule has 1 N–H and O–H groups in total. The van der Waals surface area contributed by atoms with Crippen LogP contribution < -0.4 is 17.7 Å². The van der Waals surface area contributed by atoms with Gasteiger partial charge >= 0.3 is 5.00 Å². The van der Waals surface area contributed by atoms with Crippen molar-refractivity contribution in [3.63, 3.8) is 0 Å². The van der Waals surface area contributed by atoms with Gasteiger partial charge in [-0.15, -0.1) is 11.3 Å². The molecule has 0 radical (unpaired) electrons. The van der Waals surface area contributed by atoms with E-state index in [1.165, 1.54) is 11.3 Å². The third-order valence-electron chi connectivity index (χ3n) is 1.64. The van der Waals surface area contributed by atoms with Gasteiger partial charge in [-0.25, -0.2) is 4.98 Å². The van der Waals surface area contributed by atoms with E-state index in [-0.39, 0.29) is 28.4 Å². The predicted molar refractivity (Wildman–Crippen MR) is 61.0 cm³/mol. The molecule has 0 atom stereocenters. The van der Waals surface area contributed by atoms with Crippen molar-refractivity contribution in [2.24, 2.45) is 0 Å². The van der Waals surface area contributed by atoms with Gasteiger partial charge in [0.15, 0.2) is 5.13 Å². The Kier molecular flexibility index (Phi) is 4.55. The fraction of sp³-hybridized carbons (Fsp3) is 0. The van der Waals surface area contributed by atoms with Gasteiger partial charge in [0.1, 0.15) is 6.20 Å². The summed E-state index contributed by atoms with van der Waals surface area (Å²) < 4.78 is 0. The molecule has 2 rings (SSSR count). The maximum Gasteiger partial charge on any atom is 0.345 e. The monoisotopic (exact) mass is 290 g/mol. The minimum absolute atomic E-state index is 0. The molecular formula is C8H5ClN3O3S2-. The molecule has 0 bridgehead atoms. The van der Waals surface area contributed by atoms with E-state index in [1.54, 1.807) is 17.5 Å². The van der Waals surface area contributed by atoms with Crippen LogP contribution in [0.1, 0.15) is 9.67 Å². The van der Waals surface area contributed by atoms with Gasteiger partial charge in [0.05, 0.1) is 9.80 Å². The van der Waals surface area contributed by atoms with Crippen LogP contribution in [0.5, 0.6) is 0 Å². The summed E-state index contributed by atoms with van der Waals surface area (Å²) in [4.78, 5) is 25.7. The van der Waals surface area contributed by atoms with Crippen LogP contribution in [0.15, 0.2) is 23.7 Å². The van der Waals surface area contributed by atoms with E-state index in [0.717, 1.165) is 17.5 Å². The number of nitrogens with one attached hydrogen (secondary N) is 1. The fourth-order valence-electron chi connectivity index (χ4n) is 0.974. The van der Waals surface area contributed by atoms with Crippen LogP contribution in [0.25, 0.3) is 0 Å². The van der Waals surface area contributed by atoms with Crippen molar-refractivity contribution in [1.29, 1.82) is 0 Å². The molecule has 0 unspecified atom stereocenters. The van der Waals surface area contributed by atoms with E-state index in [2.05, 4.69) is 10.3 Å². The summed E-state index contributed by atoms with van der Waals surface area (Å²) in [6.07, 6.45) is 1.12. The van der Waals surface area contributed by atoms with Crippen LogP contribution in [0.3, 0.4) is 0 Å². The highest BCUT2D eigenvalue weighted by Crippen LogP contribution is 2.25. The average molecular weight is 291 g/mol. The second-order valence-corrected chi connectivity index (χ2v) is 4.65. The zero-order valence-corrected chi connectivity index (χ0v) is 10.5. The van der Waals surface area contributed by atoms with Crippen molar-refractivity contribution < 1.29 is 22.1 Å². The molecule has 2 aromatic rings. The van der Waals surface area contributed by atoms with E-state index >= 15 is 0 Å². The first-order valence-corrected chi connectivity index (χ1v) is 5.81. The highest BCUT2D eigenvalue weighted by molar-refractivity contribution is 7.19. The molecule has 6 nitrogen and oxygen atoms in total. The minimum atomic E-state index is -0.543. The lowest BCUT2D eigenvalue weighted by molar-refractivity contribution is -0.380. The van der Waals surface area contributed by atoms with Crippen molar-refractivity contribution in [1.82, 2.24) is 4.98 Å². The quantitative estimate of drug-likeness (QED) is 0.602. The molecule has 0 saturated heterocycles. The zero-order chi connectivity index (χ0) is 11.5. The number of thiazole rings is 1. The fourth-order valence-corrected chi connectivity index (χ4v) is 2.22. The summed E-state index contributed by atoms with van der Waals surface area (Å²) in [7, 11) is 0. The van der Waals surface area contributed by atoms with Gasteiger partial charge < -0.3 is 12.4 Å². The average Bonchev–Trinajstić information content (AvgIpc) is 2.87. The Balaban J connectivity index is 0.00000144. The van der Waals surface area contributed by atoms with E-state index in [1.807, 2.05) is 0 Å². The van der Waals surface area contributed by atoms with Gasteiger partial charge in [-0.2, -0.15) is 0 Å². The van der Waals surface area contributed by atoms with Crippen LogP contribution in [0.4, 0.5) is 10.1 Å². The SMILES string of the molecule is O=C(Nc1ncc([N+](=O)[O-])s1)c1cccs1.[Cl-]. The Labute approximate surface area is 110 Å². The highest BCUT2D eigenvalue weighted by Gasteiger charge is 2.14. The van der Waals surface area contributed by atoms with E-state index < -0.39 is 4.92 Å². The topological polar surface area (TPSA) is 85.1 Å². The minimum Gasteiger partial charge on any atom is -1.00 e. The predicted octanol–water partition coefficient (Wildman–Crippen LogP) is -0.631. The third kappa shape index (κ3) is 3.22. The Morgan fingerprint density at radius 1 is 1.53 bits per heavy atom. The largest absolute Gasteiger partial charge is 1.00 e. The molecule has 9 heteroatoms. The van der Waals surface area contributed by atoms with Crippen LogP contribution in [-0.4, -0.2) is 15.8 Å². The molecule has 0 aliphatic carbocycles. The number of aromatic nitrogens is 1. The van der Waals surface area contributed by atoms with E-state index in [4.69, 9.17) is 0 Å². The van der Waals surface area contributed by atoms with Gasteiger partial charge in [-0.3, -0.25) is 20.2 Å². The molecule has 0 saturated carbocycles. The first-order valence-electron chi connectivity index (χ1n) is 4.12. The third-order valence-corrected chi connectivity index (χ3v) is 3.37. The molecule has 17 heavy (non-hydrogen) atoms. The van der Waals surface area contributed by atoms with Gasteiger partial charge in [-0.05, 0) is 22.8 Å². The summed E-state index contributed by atoms with van der Waals surface area (Å²) in [6.45, 7) is 0. The zero-order valence-electron chi connectivity index (χ0n) is 8.12. The molecule has 0 aliphatic heterocycles. The molecule has 2 aromatic heterocycles. The molecule has 0 aromatic carbocycles. The van der Waals surface area contributed by atoms with Gasteiger partial charge in [0, 0.05) is 0 Å². The molecule has 0 aliphatic rings. The lowest BCUT2D eigenvalue weighted by Gasteiger charge is -1.96. The summed E-state index contributed by atoms with van der Waals surface area (Å²) in [5.74, 6) is -0.306. The van der Waals surface area contributed by atoms with Crippen molar-refractivity contribution in [2.75, 3.05) is 5.32 Å². The summed E-state index contributed by atoms with van der Waals surface area (Å²) in [5.41, 5.74) is 0. The maximum atomic E-state index is 11.6. The number of amides is 1. The number of thiophene rings is 1. The molecule has 0 spiro atoms. The lowest BCUT2D eigenvalue weighted by atomic mass is 10.4. The Hall–Kier alpha value is -1.51. The van der Waals surface area contributed by atoms with Crippen molar-refractivity contribution in [2.45, 2.75) is 0 Å². The number of rotatable bonds is 3. The molecule has 90 valence electrons. The second-order valence-electron chi connectivity index (χ2n) is 2.69. The standard InChI is InChI=1S/C8H5N3O3S2.ClH/c12-7(5-2-1-3-15-5)10-8-9-4-6(16-8)11(13)14;/h1-4H,(H,9,10,12);1H/p-1.